The van der Waals surface area contributed by atoms with Gasteiger partial charge in [0, 0.05) is 32.2 Å². The molecule has 31 heavy (non-hydrogen) atoms. The van der Waals surface area contributed by atoms with Crippen molar-refractivity contribution in [2.24, 2.45) is 12.8 Å². The lowest BCUT2D eigenvalue weighted by Crippen LogP contribution is -2.43. The number of fused-ring (bicyclic) bond motifs is 1. The van der Waals surface area contributed by atoms with Gasteiger partial charge in [0.1, 0.15) is 0 Å². The molecule has 1 aliphatic heterocycles. The van der Waals surface area contributed by atoms with Gasteiger partial charge in [-0.15, -0.1) is 0 Å². The zero-order valence-electron chi connectivity index (χ0n) is 17.5. The molecule has 3 heterocycles. The summed E-state index contributed by atoms with van der Waals surface area (Å²) in [6, 6.07) is 12.0. The minimum absolute atomic E-state index is 0.0135. The number of aromatic nitrogens is 4. The second-order valence-electron chi connectivity index (χ2n) is 7.63. The Morgan fingerprint density at radius 1 is 1.29 bits per heavy atom. The van der Waals surface area contributed by atoms with E-state index in [2.05, 4.69) is 23.0 Å². The summed E-state index contributed by atoms with van der Waals surface area (Å²) in [5.41, 5.74) is 6.67. The van der Waals surface area contributed by atoms with Crippen molar-refractivity contribution in [2.75, 3.05) is 18.0 Å². The summed E-state index contributed by atoms with van der Waals surface area (Å²) >= 11 is 0. The minimum atomic E-state index is -0.499. The van der Waals surface area contributed by atoms with E-state index in [4.69, 9.17) is 5.73 Å². The van der Waals surface area contributed by atoms with E-state index in [0.29, 0.717) is 23.6 Å². The van der Waals surface area contributed by atoms with Gasteiger partial charge >= 0.3 is 5.69 Å². The van der Waals surface area contributed by atoms with E-state index in [1.165, 1.54) is 4.57 Å². The van der Waals surface area contributed by atoms with Gasteiger partial charge in [-0.3, -0.25) is 13.9 Å². The van der Waals surface area contributed by atoms with Crippen LogP contribution in [0.15, 0.2) is 33.9 Å². The van der Waals surface area contributed by atoms with Crippen molar-refractivity contribution in [1.29, 1.82) is 5.26 Å². The predicted octanol–water partition coefficient (Wildman–Crippen LogP) is 0.573. The summed E-state index contributed by atoms with van der Waals surface area (Å²) in [5, 5.41) is 9.38. The molecular weight excluding hydrogens is 394 g/mol. The molecule has 0 saturated carbocycles. The third-order valence-electron chi connectivity index (χ3n) is 5.56. The Hall–Kier alpha value is -3.82. The summed E-state index contributed by atoms with van der Waals surface area (Å²) in [4.78, 5) is 33.1. The topological polar surface area (TPSA) is 115 Å². The SMILES string of the molecule is CC#Cn1c(N2CCC[C@@H](N)C2)nc2c1c(=O)n(Cc1ccccc1C#N)c(=O)n2C. The van der Waals surface area contributed by atoms with E-state index in [1.54, 1.807) is 42.8 Å². The van der Waals surface area contributed by atoms with E-state index < -0.39 is 11.2 Å². The fraction of sp³-hybridized carbons (Fsp3) is 0.364. The molecule has 1 saturated heterocycles. The molecule has 1 atom stereocenters. The lowest BCUT2D eigenvalue weighted by Gasteiger charge is -2.31. The van der Waals surface area contributed by atoms with Gasteiger partial charge in [-0.05, 0) is 31.4 Å². The Bertz CT molecular complexity index is 1380. The number of hydrogen-bond acceptors (Lipinski definition) is 6. The molecule has 158 valence electrons. The fourth-order valence-electron chi connectivity index (χ4n) is 4.01. The number of hydrogen-bond donors (Lipinski definition) is 1. The van der Waals surface area contributed by atoms with E-state index in [0.717, 1.165) is 24.0 Å². The highest BCUT2D eigenvalue weighted by molar-refractivity contribution is 5.76. The molecule has 0 unspecified atom stereocenters. The third kappa shape index (κ3) is 3.49. The molecule has 0 amide bonds. The normalized spacial score (nSPS) is 16.1. The highest BCUT2D eigenvalue weighted by atomic mass is 16.2. The Kier molecular flexibility index (Phi) is 5.37. The van der Waals surface area contributed by atoms with Crippen molar-refractivity contribution in [3.8, 4) is 18.0 Å². The van der Waals surface area contributed by atoms with Gasteiger partial charge < -0.3 is 10.6 Å². The van der Waals surface area contributed by atoms with Gasteiger partial charge in [-0.1, -0.05) is 24.1 Å². The first-order valence-electron chi connectivity index (χ1n) is 10.1. The summed E-state index contributed by atoms with van der Waals surface area (Å²) in [7, 11) is 1.58. The van der Waals surface area contributed by atoms with Crippen LogP contribution in [-0.4, -0.2) is 37.8 Å². The van der Waals surface area contributed by atoms with Crippen molar-refractivity contribution >= 4 is 17.1 Å². The number of imidazole rings is 1. The Morgan fingerprint density at radius 3 is 2.77 bits per heavy atom. The fourth-order valence-corrected chi connectivity index (χ4v) is 4.01. The lowest BCUT2D eigenvalue weighted by molar-refractivity contribution is 0.499. The Balaban J connectivity index is 1.95. The first-order chi connectivity index (χ1) is 15.0. The maximum Gasteiger partial charge on any atom is 0.332 e. The number of piperidine rings is 1. The van der Waals surface area contributed by atoms with Crippen LogP contribution in [0.2, 0.25) is 0 Å². The largest absolute Gasteiger partial charge is 0.340 e. The highest BCUT2D eigenvalue weighted by Gasteiger charge is 2.26. The molecule has 0 spiro atoms. The molecule has 1 fully saturated rings. The molecule has 3 aromatic rings. The molecule has 0 bridgehead atoms. The number of rotatable bonds is 3. The van der Waals surface area contributed by atoms with Crippen LogP contribution in [0.4, 0.5) is 5.95 Å². The predicted molar refractivity (Wildman–Crippen MR) is 118 cm³/mol. The zero-order valence-corrected chi connectivity index (χ0v) is 17.5. The maximum absolute atomic E-state index is 13.5. The van der Waals surface area contributed by atoms with E-state index >= 15 is 0 Å². The first kappa shape index (κ1) is 20.5. The summed E-state index contributed by atoms with van der Waals surface area (Å²) in [6.07, 6.45) is 1.85. The average Bonchev–Trinajstić information content (AvgIpc) is 3.15. The minimum Gasteiger partial charge on any atom is -0.340 e. The van der Waals surface area contributed by atoms with Crippen LogP contribution in [-0.2, 0) is 13.6 Å². The molecular formula is C22H23N7O2. The Labute approximate surface area is 178 Å². The highest BCUT2D eigenvalue weighted by Crippen LogP contribution is 2.22. The molecule has 9 heteroatoms. The molecule has 0 radical (unpaired) electrons. The van der Waals surface area contributed by atoms with Gasteiger partial charge in [0.15, 0.2) is 11.2 Å². The monoisotopic (exact) mass is 417 g/mol. The number of nitrogens with zero attached hydrogens (tertiary/aromatic N) is 6. The molecule has 0 aliphatic carbocycles. The van der Waals surface area contributed by atoms with Crippen molar-refractivity contribution < 1.29 is 0 Å². The van der Waals surface area contributed by atoms with Crippen LogP contribution in [0.1, 0.15) is 30.9 Å². The summed E-state index contributed by atoms with van der Waals surface area (Å²) < 4.78 is 4.04. The van der Waals surface area contributed by atoms with Crippen LogP contribution < -0.4 is 21.9 Å². The molecule has 1 aliphatic rings. The number of anilines is 1. The smallest absolute Gasteiger partial charge is 0.332 e. The van der Waals surface area contributed by atoms with Gasteiger partial charge in [-0.2, -0.15) is 10.2 Å². The lowest BCUT2D eigenvalue weighted by atomic mass is 10.1. The van der Waals surface area contributed by atoms with Gasteiger partial charge in [-0.25, -0.2) is 9.36 Å². The number of benzene rings is 1. The number of aryl methyl sites for hydroxylation is 1. The van der Waals surface area contributed by atoms with Gasteiger partial charge in [0.05, 0.1) is 18.2 Å². The molecule has 9 nitrogen and oxygen atoms in total. The van der Waals surface area contributed by atoms with Crippen molar-refractivity contribution in [1.82, 2.24) is 18.7 Å². The zero-order chi connectivity index (χ0) is 22.1. The molecule has 2 aromatic heterocycles. The summed E-state index contributed by atoms with van der Waals surface area (Å²) in [5.74, 6) is 3.35. The van der Waals surface area contributed by atoms with Gasteiger partial charge in [0.25, 0.3) is 5.56 Å². The number of nitrogens with two attached hydrogens (primary N) is 1. The van der Waals surface area contributed by atoms with Gasteiger partial charge in [0.2, 0.25) is 5.95 Å². The third-order valence-corrected chi connectivity index (χ3v) is 5.56. The maximum atomic E-state index is 13.5. The van der Waals surface area contributed by atoms with Crippen LogP contribution in [0.25, 0.3) is 11.2 Å². The van der Waals surface area contributed by atoms with Crippen LogP contribution in [0.5, 0.6) is 0 Å². The first-order valence-corrected chi connectivity index (χ1v) is 10.1. The second-order valence-corrected chi connectivity index (χ2v) is 7.63. The van der Waals surface area contributed by atoms with Crippen LogP contribution in [0.3, 0.4) is 0 Å². The summed E-state index contributed by atoms with van der Waals surface area (Å²) in [6.45, 7) is 3.02. The van der Waals surface area contributed by atoms with Crippen LogP contribution in [0, 0.1) is 23.3 Å². The van der Waals surface area contributed by atoms with E-state index in [9.17, 15) is 14.9 Å². The van der Waals surface area contributed by atoms with E-state index in [1.807, 2.05) is 4.90 Å². The molecule has 1 aromatic carbocycles. The van der Waals surface area contributed by atoms with Crippen molar-refractivity contribution in [2.45, 2.75) is 32.4 Å². The van der Waals surface area contributed by atoms with E-state index in [-0.39, 0.29) is 23.8 Å². The van der Waals surface area contributed by atoms with Crippen LogP contribution >= 0.6 is 0 Å². The quantitative estimate of drug-likeness (QED) is 0.623. The molecule has 4 rings (SSSR count). The average molecular weight is 417 g/mol. The standard InChI is InChI=1S/C22H23N7O2/c1-3-10-28-18-19(25-21(28)27-11-6-9-17(24)14-27)26(2)22(31)29(20(18)30)13-16-8-5-4-7-15(16)12-23/h4-5,7-8,17H,6,9,11,13-14,24H2,1-2H3/t17-/m1/s1. The second kappa shape index (κ2) is 8.13. The van der Waals surface area contributed by atoms with Crippen molar-refractivity contribution in [3.05, 3.63) is 56.2 Å². The molecule has 2 N–H and O–H groups in total. The Morgan fingerprint density at radius 2 is 2.06 bits per heavy atom. The van der Waals surface area contributed by atoms with Crippen molar-refractivity contribution in [3.63, 3.8) is 0 Å². The number of nitriles is 1.